The summed E-state index contributed by atoms with van der Waals surface area (Å²) in [6, 6.07) is 11.3. The lowest BCUT2D eigenvalue weighted by atomic mass is 10.1. The van der Waals surface area contributed by atoms with Crippen molar-refractivity contribution in [2.45, 2.75) is 10.1 Å². The van der Waals surface area contributed by atoms with Crippen LogP contribution in [-0.4, -0.2) is 58.9 Å². The summed E-state index contributed by atoms with van der Waals surface area (Å²) in [5.74, 6) is 1.05. The van der Waals surface area contributed by atoms with Crippen LogP contribution in [0, 0.1) is 0 Å². The molecule has 7 nitrogen and oxygen atoms in total. The van der Waals surface area contributed by atoms with Gasteiger partial charge in [-0.1, -0.05) is 6.07 Å². The number of hydrogen-bond donors (Lipinski definition) is 0. The third-order valence-corrected chi connectivity index (χ3v) is 6.71. The second-order valence-corrected chi connectivity index (χ2v) is 8.32. The van der Waals surface area contributed by atoms with E-state index in [-0.39, 0.29) is 23.9 Å². The van der Waals surface area contributed by atoms with Crippen LogP contribution in [0.5, 0.6) is 17.2 Å². The van der Waals surface area contributed by atoms with Gasteiger partial charge in [0.05, 0.1) is 26.2 Å². The predicted octanol–water partition coefficient (Wildman–Crippen LogP) is 2.01. The Labute approximate surface area is 158 Å². The van der Waals surface area contributed by atoms with Gasteiger partial charge in [-0.05, 0) is 36.4 Å². The van der Waals surface area contributed by atoms with E-state index in [0.717, 1.165) is 0 Å². The third-order valence-electron chi connectivity index (χ3n) is 4.60. The van der Waals surface area contributed by atoms with Crippen LogP contribution < -0.4 is 14.2 Å². The largest absolute Gasteiger partial charge is 0.497 e. The van der Waals surface area contributed by atoms with Gasteiger partial charge in [-0.2, -0.15) is 0 Å². The minimum absolute atomic E-state index is 0.119. The van der Waals surface area contributed by atoms with E-state index in [0.29, 0.717) is 22.8 Å². The van der Waals surface area contributed by atoms with Gasteiger partial charge in [0.2, 0.25) is 0 Å². The van der Waals surface area contributed by atoms with E-state index in [4.69, 9.17) is 14.2 Å². The molecular formula is C19H21NO6S. The molecule has 0 aromatic heterocycles. The zero-order valence-corrected chi connectivity index (χ0v) is 16.2. The standard InChI is InChI=1S/C19H21NO6S/c1-24-13-7-9-14(10-8-13)27(22,23)15-11-20(12-15)19(21)18-16(25-2)5-4-6-17(18)26-3/h4-10,15H,11-12H2,1-3H3. The molecule has 3 rings (SSSR count). The van der Waals surface area contributed by atoms with Crippen LogP contribution in [0.25, 0.3) is 0 Å². The Morgan fingerprint density at radius 1 is 0.926 bits per heavy atom. The molecule has 144 valence electrons. The number of likely N-dealkylation sites (tertiary alicyclic amines) is 1. The quantitative estimate of drug-likeness (QED) is 0.749. The Balaban J connectivity index is 1.76. The molecule has 8 heteroatoms. The Morgan fingerprint density at radius 3 is 1.96 bits per heavy atom. The summed E-state index contributed by atoms with van der Waals surface area (Å²) in [6.07, 6.45) is 0. The summed E-state index contributed by atoms with van der Waals surface area (Å²) in [7, 11) is 0.941. The molecule has 0 radical (unpaired) electrons. The summed E-state index contributed by atoms with van der Waals surface area (Å²) in [4.78, 5) is 14.5. The van der Waals surface area contributed by atoms with E-state index in [2.05, 4.69) is 0 Å². The van der Waals surface area contributed by atoms with Gasteiger partial charge in [0.25, 0.3) is 5.91 Å². The van der Waals surface area contributed by atoms with Crippen LogP contribution in [0.4, 0.5) is 0 Å². The monoisotopic (exact) mass is 391 g/mol. The highest BCUT2D eigenvalue weighted by molar-refractivity contribution is 7.92. The summed E-state index contributed by atoms with van der Waals surface area (Å²) in [6.45, 7) is 0.239. The molecule has 0 spiro atoms. The molecule has 2 aromatic carbocycles. The number of carbonyl (C=O) groups excluding carboxylic acids is 1. The van der Waals surface area contributed by atoms with E-state index >= 15 is 0 Å². The molecule has 2 aromatic rings. The first-order valence-corrected chi connectivity index (χ1v) is 9.85. The molecule has 0 unspecified atom stereocenters. The second kappa shape index (κ2) is 7.48. The third kappa shape index (κ3) is 3.44. The Bertz CT molecular complexity index is 911. The lowest BCUT2D eigenvalue weighted by molar-refractivity contribution is 0.0652. The molecular weight excluding hydrogens is 370 g/mol. The summed E-state index contributed by atoms with van der Waals surface area (Å²) < 4.78 is 41.0. The van der Waals surface area contributed by atoms with Crippen molar-refractivity contribution in [2.75, 3.05) is 34.4 Å². The molecule has 1 aliphatic heterocycles. The number of carbonyl (C=O) groups is 1. The van der Waals surface area contributed by atoms with Gasteiger partial charge in [-0.25, -0.2) is 8.42 Å². The van der Waals surface area contributed by atoms with Crippen molar-refractivity contribution in [1.82, 2.24) is 4.90 Å². The minimum Gasteiger partial charge on any atom is -0.497 e. The van der Waals surface area contributed by atoms with Crippen LogP contribution in [0.2, 0.25) is 0 Å². The Kier molecular flexibility index (Phi) is 5.27. The number of nitrogens with zero attached hydrogens (tertiary/aromatic N) is 1. The van der Waals surface area contributed by atoms with Gasteiger partial charge >= 0.3 is 0 Å². The van der Waals surface area contributed by atoms with Crippen LogP contribution in [0.1, 0.15) is 10.4 Å². The topological polar surface area (TPSA) is 82.1 Å². The fourth-order valence-electron chi connectivity index (χ4n) is 2.98. The first-order chi connectivity index (χ1) is 12.9. The van der Waals surface area contributed by atoms with Gasteiger partial charge in [-0.3, -0.25) is 4.79 Å². The molecule has 1 amide bonds. The lowest BCUT2D eigenvalue weighted by Gasteiger charge is -2.39. The molecule has 0 bridgehead atoms. The molecule has 1 saturated heterocycles. The predicted molar refractivity (Wildman–Crippen MR) is 99.4 cm³/mol. The van der Waals surface area contributed by atoms with Crippen molar-refractivity contribution in [2.24, 2.45) is 0 Å². The average Bonchev–Trinajstić information content (AvgIpc) is 2.65. The normalized spacial score (nSPS) is 14.4. The maximum Gasteiger partial charge on any atom is 0.261 e. The van der Waals surface area contributed by atoms with Crippen molar-refractivity contribution in [1.29, 1.82) is 0 Å². The van der Waals surface area contributed by atoms with E-state index < -0.39 is 15.1 Å². The zero-order chi connectivity index (χ0) is 19.6. The number of rotatable bonds is 6. The molecule has 1 aliphatic rings. The highest BCUT2D eigenvalue weighted by Gasteiger charge is 2.42. The van der Waals surface area contributed by atoms with Crippen LogP contribution in [-0.2, 0) is 9.84 Å². The minimum atomic E-state index is -3.52. The highest BCUT2D eigenvalue weighted by atomic mass is 32.2. The van der Waals surface area contributed by atoms with Gasteiger partial charge in [0.15, 0.2) is 9.84 Å². The summed E-state index contributed by atoms with van der Waals surface area (Å²) in [5.41, 5.74) is 0.294. The van der Waals surface area contributed by atoms with E-state index in [1.165, 1.54) is 38.4 Å². The van der Waals surface area contributed by atoms with Gasteiger partial charge in [0, 0.05) is 13.1 Å². The molecule has 0 aliphatic carbocycles. The Hall–Kier alpha value is -2.74. The molecule has 0 N–H and O–H groups in total. The number of hydrogen-bond acceptors (Lipinski definition) is 6. The summed E-state index contributed by atoms with van der Waals surface area (Å²) in [5, 5.41) is -0.643. The first kappa shape index (κ1) is 19.0. The van der Waals surface area contributed by atoms with Gasteiger partial charge < -0.3 is 19.1 Å². The van der Waals surface area contributed by atoms with E-state index in [1.807, 2.05) is 0 Å². The van der Waals surface area contributed by atoms with Crippen molar-refractivity contribution < 1.29 is 27.4 Å². The van der Waals surface area contributed by atoms with Crippen LogP contribution in [0.3, 0.4) is 0 Å². The van der Waals surface area contributed by atoms with Crippen molar-refractivity contribution in [3.63, 3.8) is 0 Å². The number of ether oxygens (including phenoxy) is 3. The smallest absolute Gasteiger partial charge is 0.261 e. The number of benzene rings is 2. The SMILES string of the molecule is COc1ccc(S(=O)(=O)C2CN(C(=O)c3c(OC)cccc3OC)C2)cc1. The maximum absolute atomic E-state index is 12.8. The second-order valence-electron chi connectivity index (χ2n) is 6.09. The van der Waals surface area contributed by atoms with E-state index in [9.17, 15) is 13.2 Å². The van der Waals surface area contributed by atoms with Crippen LogP contribution >= 0.6 is 0 Å². The fourth-order valence-corrected chi connectivity index (χ4v) is 4.63. The highest BCUT2D eigenvalue weighted by Crippen LogP contribution is 2.33. The molecule has 27 heavy (non-hydrogen) atoms. The van der Waals surface area contributed by atoms with E-state index in [1.54, 1.807) is 30.3 Å². The van der Waals surface area contributed by atoms with Crippen molar-refractivity contribution in [3.8, 4) is 17.2 Å². The van der Waals surface area contributed by atoms with Gasteiger partial charge in [-0.15, -0.1) is 0 Å². The lowest BCUT2D eigenvalue weighted by Crippen LogP contribution is -2.56. The number of sulfone groups is 1. The maximum atomic E-state index is 12.8. The Morgan fingerprint density at radius 2 is 1.48 bits per heavy atom. The van der Waals surface area contributed by atoms with Crippen LogP contribution in [0.15, 0.2) is 47.4 Å². The molecule has 1 fully saturated rings. The first-order valence-electron chi connectivity index (χ1n) is 8.30. The fraction of sp³-hybridized carbons (Fsp3) is 0.316. The van der Waals surface area contributed by atoms with Crippen molar-refractivity contribution in [3.05, 3.63) is 48.0 Å². The molecule has 0 saturated carbocycles. The average molecular weight is 391 g/mol. The molecule has 1 heterocycles. The number of amides is 1. The number of methoxy groups -OCH3 is 3. The zero-order valence-electron chi connectivity index (χ0n) is 15.3. The van der Waals surface area contributed by atoms with Gasteiger partial charge in [0.1, 0.15) is 28.1 Å². The molecule has 0 atom stereocenters. The van der Waals surface area contributed by atoms with Crippen molar-refractivity contribution >= 4 is 15.7 Å². The summed E-state index contributed by atoms with van der Waals surface area (Å²) >= 11 is 0.